The summed E-state index contributed by atoms with van der Waals surface area (Å²) in [6.45, 7) is 7.50. The van der Waals surface area contributed by atoms with Crippen LogP contribution in [-0.4, -0.2) is 20.7 Å². The van der Waals surface area contributed by atoms with E-state index in [1.54, 1.807) is 12.1 Å². The van der Waals surface area contributed by atoms with E-state index in [4.69, 9.17) is 5.11 Å². The van der Waals surface area contributed by atoms with Gasteiger partial charge in [-0.15, -0.1) is 6.58 Å². The van der Waals surface area contributed by atoms with Crippen LogP contribution in [0.5, 0.6) is 5.75 Å². The van der Waals surface area contributed by atoms with Crippen molar-refractivity contribution in [2.24, 2.45) is 0 Å². The number of hydrogen-bond acceptors (Lipinski definition) is 3. The monoisotopic (exact) mass is 273 g/mol. The van der Waals surface area contributed by atoms with Crippen molar-refractivity contribution in [1.29, 1.82) is 0 Å². The molecule has 0 amide bonds. The second kappa shape index (κ2) is 4.85. The summed E-state index contributed by atoms with van der Waals surface area (Å²) in [6, 6.07) is 3.45. The van der Waals surface area contributed by atoms with Gasteiger partial charge in [-0.25, -0.2) is 4.79 Å². The Labute approximate surface area is 115 Å². The van der Waals surface area contributed by atoms with Crippen LogP contribution in [0.15, 0.2) is 29.6 Å². The molecular weight excluding hydrogens is 258 g/mol. The first-order chi connectivity index (χ1) is 9.38. The van der Waals surface area contributed by atoms with E-state index in [0.29, 0.717) is 10.9 Å². The Hall–Kier alpha value is -2.56. The topological polar surface area (TPSA) is 79.5 Å². The number of pyridine rings is 1. The molecule has 5 heteroatoms. The first-order valence-corrected chi connectivity index (χ1v) is 6.09. The van der Waals surface area contributed by atoms with E-state index in [1.165, 1.54) is 10.6 Å². The highest BCUT2D eigenvalue weighted by atomic mass is 16.4. The molecule has 0 fully saturated rings. The molecule has 104 valence electrons. The van der Waals surface area contributed by atoms with E-state index in [9.17, 15) is 14.7 Å². The van der Waals surface area contributed by atoms with Gasteiger partial charge in [0.05, 0.1) is 5.52 Å². The molecule has 0 bridgehead atoms. The maximum atomic E-state index is 12.2. The third-order valence-electron chi connectivity index (χ3n) is 3.38. The molecule has 0 aliphatic heterocycles. The van der Waals surface area contributed by atoms with Crippen LogP contribution in [0.1, 0.15) is 21.5 Å². The number of rotatable bonds is 3. The number of aromatic carboxylic acids is 1. The second-order valence-corrected chi connectivity index (χ2v) is 4.69. The summed E-state index contributed by atoms with van der Waals surface area (Å²) in [5.74, 6) is -1.92. The third-order valence-corrected chi connectivity index (χ3v) is 3.38. The van der Waals surface area contributed by atoms with Crippen LogP contribution in [-0.2, 0) is 6.54 Å². The van der Waals surface area contributed by atoms with Crippen molar-refractivity contribution in [1.82, 2.24) is 4.57 Å². The van der Waals surface area contributed by atoms with E-state index in [2.05, 4.69) is 6.58 Å². The molecule has 0 saturated heterocycles. The number of aromatic nitrogens is 1. The number of fused-ring (bicyclic) bond motifs is 1. The van der Waals surface area contributed by atoms with Gasteiger partial charge in [0.25, 0.3) is 5.56 Å². The second-order valence-electron chi connectivity index (χ2n) is 4.69. The van der Waals surface area contributed by atoms with Crippen LogP contribution >= 0.6 is 0 Å². The summed E-state index contributed by atoms with van der Waals surface area (Å²) in [5.41, 5.74) is 1.03. The molecule has 0 aliphatic rings. The van der Waals surface area contributed by atoms with Crippen LogP contribution in [0, 0.1) is 13.8 Å². The van der Waals surface area contributed by atoms with Crippen LogP contribution in [0.25, 0.3) is 10.9 Å². The summed E-state index contributed by atoms with van der Waals surface area (Å²) in [4.78, 5) is 23.4. The van der Waals surface area contributed by atoms with Crippen molar-refractivity contribution < 1.29 is 15.0 Å². The highest BCUT2D eigenvalue weighted by Crippen LogP contribution is 2.28. The smallest absolute Gasteiger partial charge is 0.345 e. The van der Waals surface area contributed by atoms with Gasteiger partial charge in [-0.05, 0) is 37.1 Å². The number of hydrogen-bond donors (Lipinski definition) is 2. The van der Waals surface area contributed by atoms with Gasteiger partial charge in [-0.2, -0.15) is 0 Å². The van der Waals surface area contributed by atoms with E-state index in [0.717, 1.165) is 11.1 Å². The molecule has 5 nitrogen and oxygen atoms in total. The van der Waals surface area contributed by atoms with Crippen molar-refractivity contribution in [3.63, 3.8) is 0 Å². The minimum absolute atomic E-state index is 0.179. The Morgan fingerprint density at radius 3 is 2.50 bits per heavy atom. The van der Waals surface area contributed by atoms with E-state index >= 15 is 0 Å². The average molecular weight is 273 g/mol. The van der Waals surface area contributed by atoms with Crippen molar-refractivity contribution in [3.05, 3.63) is 51.8 Å². The summed E-state index contributed by atoms with van der Waals surface area (Å²) in [7, 11) is 0. The number of nitrogens with zero attached hydrogens (tertiary/aromatic N) is 1. The fraction of sp³-hybridized carbons (Fsp3) is 0.200. The summed E-state index contributed by atoms with van der Waals surface area (Å²) in [6.07, 6.45) is 1.51. The molecular formula is C15H15NO4. The van der Waals surface area contributed by atoms with Gasteiger partial charge < -0.3 is 14.8 Å². The maximum Gasteiger partial charge on any atom is 0.345 e. The summed E-state index contributed by atoms with van der Waals surface area (Å²) >= 11 is 0. The minimum atomic E-state index is -1.44. The SMILES string of the molecule is C=CCn1c(=O)c(C(=O)O)c(O)c2cc(C)c(C)cc21. The molecule has 2 rings (SSSR count). The Morgan fingerprint density at radius 1 is 1.35 bits per heavy atom. The summed E-state index contributed by atoms with van der Waals surface area (Å²) in [5, 5.41) is 19.6. The molecule has 2 N–H and O–H groups in total. The van der Waals surface area contributed by atoms with Crippen LogP contribution < -0.4 is 5.56 Å². The van der Waals surface area contributed by atoms with E-state index in [1.807, 2.05) is 13.8 Å². The van der Waals surface area contributed by atoms with Crippen LogP contribution in [0.4, 0.5) is 0 Å². The highest BCUT2D eigenvalue weighted by molar-refractivity contribution is 5.99. The molecule has 2 aromatic rings. The number of carboxylic acid groups (broad SMARTS) is 1. The van der Waals surface area contributed by atoms with Crippen LogP contribution in [0.3, 0.4) is 0 Å². The lowest BCUT2D eigenvalue weighted by Crippen LogP contribution is -2.26. The largest absolute Gasteiger partial charge is 0.506 e. The molecule has 1 aromatic heterocycles. The number of carbonyl (C=O) groups is 1. The Morgan fingerprint density at radius 2 is 1.95 bits per heavy atom. The predicted octanol–water partition coefficient (Wildman–Crippen LogP) is 2.21. The fourth-order valence-electron chi connectivity index (χ4n) is 2.20. The quantitative estimate of drug-likeness (QED) is 0.840. The number of allylic oxidation sites excluding steroid dienone is 1. The van der Waals surface area contributed by atoms with Gasteiger partial charge in [0.2, 0.25) is 0 Å². The number of aryl methyl sites for hydroxylation is 2. The van der Waals surface area contributed by atoms with E-state index in [-0.39, 0.29) is 6.54 Å². The molecule has 0 unspecified atom stereocenters. The standard InChI is InChI=1S/C15H15NO4/c1-4-5-16-11-7-9(3)8(2)6-10(11)13(17)12(14(16)18)15(19)20/h4,6-7,17H,1,5H2,2-3H3,(H,19,20). The Kier molecular flexibility index (Phi) is 3.36. The van der Waals surface area contributed by atoms with Gasteiger partial charge in [0, 0.05) is 11.9 Å². The maximum absolute atomic E-state index is 12.2. The number of benzene rings is 1. The molecule has 1 aromatic carbocycles. The summed E-state index contributed by atoms with van der Waals surface area (Å²) < 4.78 is 1.30. The molecule has 0 spiro atoms. The number of aromatic hydroxyl groups is 1. The third kappa shape index (κ3) is 1.97. The zero-order chi connectivity index (χ0) is 15.0. The number of carboxylic acids is 1. The van der Waals surface area contributed by atoms with Crippen molar-refractivity contribution in [2.45, 2.75) is 20.4 Å². The van der Waals surface area contributed by atoms with Gasteiger partial charge >= 0.3 is 5.97 Å². The molecule has 1 heterocycles. The molecule has 0 aliphatic carbocycles. The van der Waals surface area contributed by atoms with Gasteiger partial charge in [-0.1, -0.05) is 6.08 Å². The first kappa shape index (κ1) is 13.9. The molecule has 20 heavy (non-hydrogen) atoms. The van der Waals surface area contributed by atoms with Crippen molar-refractivity contribution >= 4 is 16.9 Å². The van der Waals surface area contributed by atoms with Crippen molar-refractivity contribution in [3.8, 4) is 5.75 Å². The lowest BCUT2D eigenvalue weighted by molar-refractivity contribution is 0.0691. The van der Waals surface area contributed by atoms with Gasteiger partial charge in [0.15, 0.2) is 5.56 Å². The predicted molar refractivity (Wildman–Crippen MR) is 76.5 cm³/mol. The average Bonchev–Trinajstić information content (AvgIpc) is 2.37. The lowest BCUT2D eigenvalue weighted by Gasteiger charge is -2.14. The van der Waals surface area contributed by atoms with Crippen molar-refractivity contribution in [2.75, 3.05) is 0 Å². The first-order valence-electron chi connectivity index (χ1n) is 6.09. The van der Waals surface area contributed by atoms with Gasteiger partial charge in [0.1, 0.15) is 5.75 Å². The lowest BCUT2D eigenvalue weighted by atomic mass is 10.0. The Balaban J connectivity index is 3.07. The minimum Gasteiger partial charge on any atom is -0.506 e. The van der Waals surface area contributed by atoms with Crippen LogP contribution in [0.2, 0.25) is 0 Å². The zero-order valence-corrected chi connectivity index (χ0v) is 11.3. The molecule has 0 radical (unpaired) electrons. The normalized spacial score (nSPS) is 10.7. The molecule has 0 atom stereocenters. The van der Waals surface area contributed by atoms with E-state index < -0.39 is 22.8 Å². The van der Waals surface area contributed by atoms with Gasteiger partial charge in [-0.3, -0.25) is 4.79 Å². The highest BCUT2D eigenvalue weighted by Gasteiger charge is 2.21. The zero-order valence-electron chi connectivity index (χ0n) is 11.3. The molecule has 0 saturated carbocycles. The Bertz CT molecular complexity index is 787. The fourth-order valence-corrected chi connectivity index (χ4v) is 2.20.